The van der Waals surface area contributed by atoms with E-state index in [2.05, 4.69) is 25.2 Å². The zero-order valence-corrected chi connectivity index (χ0v) is 14.9. The number of Topliss-reactive ketones (excluding diaryl/α,β-unsaturated/α-hetero) is 1. The summed E-state index contributed by atoms with van der Waals surface area (Å²) in [6, 6.07) is -0.413. The Labute approximate surface area is 145 Å². The largest absolute Gasteiger partial charge is 0.360 e. The topological polar surface area (TPSA) is 103 Å². The first kappa shape index (κ1) is 17.3. The molecule has 3 rings (SSSR count). The molecular formula is C17H23N5O3. The molecular weight excluding hydrogens is 322 g/mol. The van der Waals surface area contributed by atoms with Crippen LogP contribution in [0, 0.1) is 12.8 Å². The zero-order chi connectivity index (χ0) is 18.1. The lowest BCUT2D eigenvalue weighted by Crippen LogP contribution is -2.33. The van der Waals surface area contributed by atoms with Gasteiger partial charge in [0.15, 0.2) is 11.6 Å². The standard InChI is InChI=1S/C17H23N5O3/c1-9(2)14-8-22(15(11(4)23)12-5-6-12)17(24)16(19-14)18-7-13-10(3)20-25-21-13/h8-9,12,15H,5-7H2,1-4H3,(H,18,19). The number of carbonyl (C=O) groups excluding carboxylic acids is 1. The smallest absolute Gasteiger partial charge is 0.293 e. The minimum absolute atomic E-state index is 0.00741. The molecule has 2 aromatic rings. The second-order valence-corrected chi connectivity index (χ2v) is 6.92. The molecule has 0 radical (unpaired) electrons. The summed E-state index contributed by atoms with van der Waals surface area (Å²) < 4.78 is 6.22. The van der Waals surface area contributed by atoms with Crippen molar-refractivity contribution in [3.63, 3.8) is 0 Å². The van der Waals surface area contributed by atoms with E-state index in [9.17, 15) is 9.59 Å². The summed E-state index contributed by atoms with van der Waals surface area (Å²) in [5.41, 5.74) is 1.76. The zero-order valence-electron chi connectivity index (χ0n) is 14.9. The second-order valence-electron chi connectivity index (χ2n) is 6.92. The molecule has 0 aliphatic heterocycles. The maximum absolute atomic E-state index is 12.9. The predicted octanol–water partition coefficient (Wildman–Crippen LogP) is 2.21. The van der Waals surface area contributed by atoms with Crippen LogP contribution >= 0.6 is 0 Å². The van der Waals surface area contributed by atoms with Crippen LogP contribution in [0.4, 0.5) is 5.82 Å². The molecule has 1 fully saturated rings. The van der Waals surface area contributed by atoms with E-state index < -0.39 is 6.04 Å². The van der Waals surface area contributed by atoms with Crippen LogP contribution in [0.5, 0.6) is 0 Å². The van der Waals surface area contributed by atoms with Crippen LogP contribution in [0.25, 0.3) is 0 Å². The van der Waals surface area contributed by atoms with E-state index in [1.54, 1.807) is 24.6 Å². The molecule has 1 saturated carbocycles. The number of hydrogen-bond donors (Lipinski definition) is 1. The van der Waals surface area contributed by atoms with Crippen molar-refractivity contribution < 1.29 is 9.42 Å². The van der Waals surface area contributed by atoms with Gasteiger partial charge >= 0.3 is 0 Å². The van der Waals surface area contributed by atoms with Gasteiger partial charge in [0, 0.05) is 6.20 Å². The van der Waals surface area contributed by atoms with E-state index in [1.165, 1.54) is 0 Å². The molecule has 8 heteroatoms. The van der Waals surface area contributed by atoms with Crippen molar-refractivity contribution in [1.29, 1.82) is 0 Å². The predicted molar refractivity (Wildman–Crippen MR) is 91.4 cm³/mol. The van der Waals surface area contributed by atoms with Crippen molar-refractivity contribution in [2.45, 2.75) is 59.0 Å². The first-order chi connectivity index (χ1) is 11.9. The third-order valence-corrected chi connectivity index (χ3v) is 4.50. The Bertz CT molecular complexity index is 835. The molecule has 0 amide bonds. The molecule has 0 spiro atoms. The minimum Gasteiger partial charge on any atom is -0.360 e. The molecule has 25 heavy (non-hydrogen) atoms. The molecule has 134 valence electrons. The van der Waals surface area contributed by atoms with Crippen LogP contribution in [0.15, 0.2) is 15.6 Å². The van der Waals surface area contributed by atoms with E-state index in [1.807, 2.05) is 13.8 Å². The van der Waals surface area contributed by atoms with Crippen molar-refractivity contribution in [3.8, 4) is 0 Å². The number of nitrogens with one attached hydrogen (secondary N) is 1. The highest BCUT2D eigenvalue weighted by molar-refractivity contribution is 5.80. The van der Waals surface area contributed by atoms with Crippen LogP contribution < -0.4 is 10.9 Å². The normalized spacial score (nSPS) is 15.4. The Kier molecular flexibility index (Phi) is 4.69. The Morgan fingerprint density at radius 1 is 1.40 bits per heavy atom. The lowest BCUT2D eigenvalue weighted by Gasteiger charge is -2.20. The fourth-order valence-electron chi connectivity index (χ4n) is 2.87. The Balaban J connectivity index is 1.98. The number of hydrogen-bond acceptors (Lipinski definition) is 7. The number of ketones is 1. The van der Waals surface area contributed by atoms with Gasteiger partial charge in [0.25, 0.3) is 5.56 Å². The quantitative estimate of drug-likeness (QED) is 0.820. The summed E-state index contributed by atoms with van der Waals surface area (Å²) >= 11 is 0. The molecule has 1 unspecified atom stereocenters. The maximum Gasteiger partial charge on any atom is 0.293 e. The average Bonchev–Trinajstić information content (AvgIpc) is 3.29. The first-order valence-electron chi connectivity index (χ1n) is 8.54. The van der Waals surface area contributed by atoms with Gasteiger partial charge in [-0.1, -0.05) is 24.2 Å². The lowest BCUT2D eigenvalue weighted by molar-refractivity contribution is -0.120. The van der Waals surface area contributed by atoms with Gasteiger partial charge in [0.1, 0.15) is 11.4 Å². The van der Waals surface area contributed by atoms with Crippen LogP contribution in [0.3, 0.4) is 0 Å². The number of anilines is 1. The van der Waals surface area contributed by atoms with Crippen molar-refractivity contribution in [3.05, 3.63) is 33.6 Å². The number of aryl methyl sites for hydroxylation is 1. The summed E-state index contributed by atoms with van der Waals surface area (Å²) in [4.78, 5) is 29.5. The van der Waals surface area contributed by atoms with Crippen molar-refractivity contribution in [2.75, 3.05) is 5.32 Å². The maximum atomic E-state index is 12.9. The fraction of sp³-hybridized carbons (Fsp3) is 0.588. The Morgan fingerprint density at radius 2 is 2.12 bits per heavy atom. The lowest BCUT2D eigenvalue weighted by atomic mass is 10.1. The number of nitrogens with zero attached hydrogens (tertiary/aromatic N) is 4. The van der Waals surface area contributed by atoms with Gasteiger partial charge in [-0.2, -0.15) is 0 Å². The van der Waals surface area contributed by atoms with Gasteiger partial charge in [0.05, 0.1) is 18.3 Å². The van der Waals surface area contributed by atoms with E-state index in [0.717, 1.165) is 18.5 Å². The van der Waals surface area contributed by atoms with E-state index in [0.29, 0.717) is 11.4 Å². The number of carbonyl (C=O) groups is 1. The van der Waals surface area contributed by atoms with Crippen LogP contribution in [0.1, 0.15) is 62.7 Å². The third-order valence-electron chi connectivity index (χ3n) is 4.50. The molecule has 2 heterocycles. The van der Waals surface area contributed by atoms with Crippen LogP contribution in [0.2, 0.25) is 0 Å². The van der Waals surface area contributed by atoms with E-state index in [-0.39, 0.29) is 35.5 Å². The van der Waals surface area contributed by atoms with Crippen molar-refractivity contribution in [2.24, 2.45) is 5.92 Å². The van der Waals surface area contributed by atoms with Crippen molar-refractivity contribution in [1.82, 2.24) is 19.9 Å². The fourth-order valence-corrected chi connectivity index (χ4v) is 2.87. The number of rotatable bonds is 7. The molecule has 0 aromatic carbocycles. The molecule has 1 atom stereocenters. The highest BCUT2D eigenvalue weighted by Crippen LogP contribution is 2.40. The molecule has 0 bridgehead atoms. The van der Waals surface area contributed by atoms with Crippen molar-refractivity contribution >= 4 is 11.6 Å². The van der Waals surface area contributed by atoms with E-state index >= 15 is 0 Å². The highest BCUT2D eigenvalue weighted by Gasteiger charge is 2.36. The molecule has 1 aliphatic rings. The SMILES string of the molecule is CC(=O)C(C1CC1)n1cc(C(C)C)nc(NCc2nonc2C)c1=O. The highest BCUT2D eigenvalue weighted by atomic mass is 16.6. The van der Waals surface area contributed by atoms with Gasteiger partial charge in [0.2, 0.25) is 0 Å². The summed E-state index contributed by atoms with van der Waals surface area (Å²) in [6.07, 6.45) is 3.68. The van der Waals surface area contributed by atoms with Gasteiger partial charge in [-0.05, 0) is 38.5 Å². The molecule has 1 aliphatic carbocycles. The third kappa shape index (κ3) is 3.62. The molecule has 2 aromatic heterocycles. The van der Waals surface area contributed by atoms with Crippen LogP contribution in [-0.2, 0) is 11.3 Å². The van der Waals surface area contributed by atoms with E-state index in [4.69, 9.17) is 0 Å². The van der Waals surface area contributed by atoms with Gasteiger partial charge in [-0.25, -0.2) is 9.61 Å². The monoisotopic (exact) mass is 345 g/mol. The summed E-state index contributed by atoms with van der Waals surface area (Å²) in [5.74, 6) is 0.607. The van der Waals surface area contributed by atoms with Gasteiger partial charge in [-0.15, -0.1) is 0 Å². The Hall–Kier alpha value is -2.51. The van der Waals surface area contributed by atoms with Crippen LogP contribution in [-0.4, -0.2) is 25.6 Å². The average molecular weight is 345 g/mol. The molecule has 1 N–H and O–H groups in total. The summed E-state index contributed by atoms with van der Waals surface area (Å²) in [7, 11) is 0. The summed E-state index contributed by atoms with van der Waals surface area (Å²) in [6.45, 7) is 7.62. The minimum atomic E-state index is -0.413. The molecule has 0 saturated heterocycles. The molecule has 8 nitrogen and oxygen atoms in total. The summed E-state index contributed by atoms with van der Waals surface area (Å²) in [5, 5.41) is 10.6. The van der Waals surface area contributed by atoms with Gasteiger partial charge < -0.3 is 5.32 Å². The second kappa shape index (κ2) is 6.78. The Morgan fingerprint density at radius 3 is 2.64 bits per heavy atom. The number of aromatic nitrogens is 4. The van der Waals surface area contributed by atoms with Gasteiger partial charge in [-0.3, -0.25) is 14.2 Å². The first-order valence-corrected chi connectivity index (χ1v) is 8.54.